The second-order valence-corrected chi connectivity index (χ2v) is 7.26. The van der Waals surface area contributed by atoms with E-state index in [1.165, 1.54) is 32.5 Å². The third-order valence-electron chi connectivity index (χ3n) is 4.89. The van der Waals surface area contributed by atoms with Gasteiger partial charge in [0.1, 0.15) is 12.1 Å². The van der Waals surface area contributed by atoms with Gasteiger partial charge in [-0.05, 0) is 35.9 Å². The minimum atomic E-state index is -0.466. The van der Waals surface area contributed by atoms with Crippen LogP contribution in [0.3, 0.4) is 0 Å². The van der Waals surface area contributed by atoms with Crippen LogP contribution in [-0.2, 0) is 16.0 Å². The van der Waals surface area contributed by atoms with Crippen LogP contribution in [0.5, 0.6) is 11.5 Å². The Balaban J connectivity index is 1.57. The molecule has 1 aromatic heterocycles. The standard InChI is InChI=1S/C25H20FN3O4/c1-15(30)33-23-12-20-21(13-22(23)32-2)27-14-28-25(20)17-5-9-19(10-6-17)29-24(31)11-16-3-7-18(26)8-4-16/h3-10,12-14H,11H2,1-2H3,(H,29,31). The Kier molecular flexibility index (Phi) is 6.26. The molecule has 0 saturated heterocycles. The second-order valence-electron chi connectivity index (χ2n) is 7.26. The van der Waals surface area contributed by atoms with E-state index < -0.39 is 5.97 Å². The molecular weight excluding hydrogens is 425 g/mol. The lowest BCUT2D eigenvalue weighted by Crippen LogP contribution is -2.14. The number of esters is 1. The number of fused-ring (bicyclic) bond motifs is 1. The number of aromatic nitrogens is 2. The SMILES string of the molecule is COc1cc2ncnc(-c3ccc(NC(=O)Cc4ccc(F)cc4)cc3)c2cc1OC(C)=O. The Morgan fingerprint density at radius 2 is 1.70 bits per heavy atom. The average Bonchev–Trinajstić information content (AvgIpc) is 2.80. The first-order valence-electron chi connectivity index (χ1n) is 10.1. The molecule has 0 saturated carbocycles. The fourth-order valence-corrected chi connectivity index (χ4v) is 3.39. The monoisotopic (exact) mass is 445 g/mol. The lowest BCUT2D eigenvalue weighted by molar-refractivity contribution is -0.132. The van der Waals surface area contributed by atoms with Crippen molar-refractivity contribution in [2.24, 2.45) is 0 Å². The van der Waals surface area contributed by atoms with Crippen LogP contribution in [0.4, 0.5) is 10.1 Å². The van der Waals surface area contributed by atoms with Gasteiger partial charge in [-0.15, -0.1) is 0 Å². The van der Waals surface area contributed by atoms with E-state index in [1.807, 2.05) is 12.1 Å². The predicted octanol–water partition coefficient (Wildman–Crippen LogP) is 4.55. The maximum absolute atomic E-state index is 13.0. The van der Waals surface area contributed by atoms with E-state index in [-0.39, 0.29) is 23.9 Å². The summed E-state index contributed by atoms with van der Waals surface area (Å²) < 4.78 is 23.6. The molecular formula is C25H20FN3O4. The molecule has 166 valence electrons. The van der Waals surface area contributed by atoms with E-state index in [4.69, 9.17) is 9.47 Å². The van der Waals surface area contributed by atoms with E-state index in [1.54, 1.807) is 36.4 Å². The largest absolute Gasteiger partial charge is 0.493 e. The first-order chi connectivity index (χ1) is 15.9. The van der Waals surface area contributed by atoms with Crippen LogP contribution in [0.1, 0.15) is 12.5 Å². The fraction of sp³-hybridized carbons (Fsp3) is 0.120. The summed E-state index contributed by atoms with van der Waals surface area (Å²) in [6.45, 7) is 1.31. The molecule has 1 N–H and O–H groups in total. The molecule has 0 unspecified atom stereocenters. The Labute approximate surface area is 189 Å². The molecule has 1 amide bonds. The number of halogens is 1. The second kappa shape index (κ2) is 9.44. The van der Waals surface area contributed by atoms with E-state index in [2.05, 4.69) is 15.3 Å². The lowest BCUT2D eigenvalue weighted by Gasteiger charge is -2.12. The Morgan fingerprint density at radius 1 is 0.970 bits per heavy atom. The summed E-state index contributed by atoms with van der Waals surface area (Å²) in [7, 11) is 1.49. The van der Waals surface area contributed by atoms with Gasteiger partial charge >= 0.3 is 5.97 Å². The highest BCUT2D eigenvalue weighted by atomic mass is 19.1. The highest BCUT2D eigenvalue weighted by molar-refractivity contribution is 5.96. The summed E-state index contributed by atoms with van der Waals surface area (Å²) in [6.07, 6.45) is 1.58. The van der Waals surface area contributed by atoms with Crippen molar-refractivity contribution in [2.45, 2.75) is 13.3 Å². The zero-order valence-corrected chi connectivity index (χ0v) is 18.0. The number of anilines is 1. The zero-order chi connectivity index (χ0) is 23.4. The molecule has 0 bridgehead atoms. The highest BCUT2D eigenvalue weighted by Crippen LogP contribution is 2.35. The van der Waals surface area contributed by atoms with E-state index in [9.17, 15) is 14.0 Å². The molecule has 0 aliphatic carbocycles. The maximum atomic E-state index is 13.0. The van der Waals surface area contributed by atoms with Crippen molar-refractivity contribution >= 4 is 28.5 Å². The first-order valence-corrected chi connectivity index (χ1v) is 10.1. The van der Waals surface area contributed by atoms with Gasteiger partial charge in [-0.3, -0.25) is 9.59 Å². The molecule has 4 rings (SSSR count). The Bertz CT molecular complexity index is 1320. The number of amides is 1. The van der Waals surface area contributed by atoms with Gasteiger partial charge in [-0.1, -0.05) is 24.3 Å². The van der Waals surface area contributed by atoms with Gasteiger partial charge < -0.3 is 14.8 Å². The van der Waals surface area contributed by atoms with Crippen molar-refractivity contribution in [3.8, 4) is 22.8 Å². The highest BCUT2D eigenvalue weighted by Gasteiger charge is 2.14. The number of hydrogen-bond donors (Lipinski definition) is 1. The third-order valence-corrected chi connectivity index (χ3v) is 4.89. The lowest BCUT2D eigenvalue weighted by atomic mass is 10.1. The van der Waals surface area contributed by atoms with Gasteiger partial charge in [0.25, 0.3) is 0 Å². The Morgan fingerprint density at radius 3 is 2.36 bits per heavy atom. The molecule has 0 fully saturated rings. The number of benzene rings is 3. The van der Waals surface area contributed by atoms with Gasteiger partial charge in [-0.2, -0.15) is 0 Å². The van der Waals surface area contributed by atoms with Gasteiger partial charge in [0.15, 0.2) is 11.5 Å². The Hall–Kier alpha value is -4.33. The molecule has 33 heavy (non-hydrogen) atoms. The number of hydrogen-bond acceptors (Lipinski definition) is 6. The zero-order valence-electron chi connectivity index (χ0n) is 18.0. The summed E-state index contributed by atoms with van der Waals surface area (Å²) in [4.78, 5) is 32.5. The molecule has 1 heterocycles. The van der Waals surface area contributed by atoms with Crippen LogP contribution in [0.2, 0.25) is 0 Å². The molecule has 0 spiro atoms. The predicted molar refractivity (Wildman–Crippen MR) is 122 cm³/mol. The van der Waals surface area contributed by atoms with Crippen molar-refractivity contribution in [1.29, 1.82) is 0 Å². The summed E-state index contributed by atoms with van der Waals surface area (Å²) in [6, 6.07) is 16.3. The molecule has 0 aliphatic rings. The van der Waals surface area contributed by atoms with Crippen LogP contribution in [0, 0.1) is 5.82 Å². The minimum absolute atomic E-state index is 0.138. The van der Waals surface area contributed by atoms with E-state index >= 15 is 0 Å². The molecule has 4 aromatic rings. The molecule has 3 aromatic carbocycles. The quantitative estimate of drug-likeness (QED) is 0.346. The van der Waals surface area contributed by atoms with Crippen LogP contribution in [0.25, 0.3) is 22.2 Å². The fourth-order valence-electron chi connectivity index (χ4n) is 3.39. The topological polar surface area (TPSA) is 90.4 Å². The molecule has 8 heteroatoms. The number of methoxy groups -OCH3 is 1. The molecule has 0 atom stereocenters. The summed E-state index contributed by atoms with van der Waals surface area (Å²) >= 11 is 0. The average molecular weight is 445 g/mol. The van der Waals surface area contributed by atoms with Crippen LogP contribution in [-0.4, -0.2) is 29.0 Å². The van der Waals surface area contributed by atoms with Crippen molar-refractivity contribution < 1.29 is 23.5 Å². The van der Waals surface area contributed by atoms with Crippen molar-refractivity contribution in [3.63, 3.8) is 0 Å². The van der Waals surface area contributed by atoms with Crippen LogP contribution in [0.15, 0.2) is 67.0 Å². The normalized spacial score (nSPS) is 10.6. The smallest absolute Gasteiger partial charge is 0.308 e. The van der Waals surface area contributed by atoms with Crippen molar-refractivity contribution in [2.75, 3.05) is 12.4 Å². The van der Waals surface area contributed by atoms with Gasteiger partial charge in [0.2, 0.25) is 5.91 Å². The first kappa shape index (κ1) is 21.9. The number of rotatable bonds is 6. The third kappa shape index (κ3) is 5.12. The summed E-state index contributed by atoms with van der Waals surface area (Å²) in [5.74, 6) is -0.350. The number of ether oxygens (including phenoxy) is 2. The van der Waals surface area contributed by atoms with E-state index in [0.29, 0.717) is 28.0 Å². The number of nitrogens with one attached hydrogen (secondary N) is 1. The maximum Gasteiger partial charge on any atom is 0.308 e. The van der Waals surface area contributed by atoms with Crippen molar-refractivity contribution in [1.82, 2.24) is 9.97 Å². The number of carbonyl (C=O) groups is 2. The van der Waals surface area contributed by atoms with E-state index in [0.717, 1.165) is 11.1 Å². The molecule has 0 aliphatic heterocycles. The van der Waals surface area contributed by atoms with Gasteiger partial charge in [0.05, 0.1) is 24.7 Å². The molecule has 0 radical (unpaired) electrons. The van der Waals surface area contributed by atoms with Gasteiger partial charge in [-0.25, -0.2) is 14.4 Å². The van der Waals surface area contributed by atoms with Gasteiger partial charge in [0, 0.05) is 29.6 Å². The summed E-state index contributed by atoms with van der Waals surface area (Å²) in [5, 5.41) is 3.51. The van der Waals surface area contributed by atoms with Crippen LogP contribution < -0.4 is 14.8 Å². The molecule has 7 nitrogen and oxygen atoms in total. The van der Waals surface area contributed by atoms with Crippen molar-refractivity contribution in [3.05, 3.63) is 78.4 Å². The minimum Gasteiger partial charge on any atom is -0.493 e. The van der Waals surface area contributed by atoms with Crippen LogP contribution >= 0.6 is 0 Å². The summed E-state index contributed by atoms with van der Waals surface area (Å²) in [5.41, 5.74) is 3.39. The number of nitrogens with zero attached hydrogens (tertiary/aromatic N) is 2. The number of carbonyl (C=O) groups excluding carboxylic acids is 2.